The molecule has 0 fully saturated rings. The Morgan fingerprint density at radius 3 is 2.33 bits per heavy atom. The zero-order chi connectivity index (χ0) is 24.0. The van der Waals surface area contributed by atoms with Crippen molar-refractivity contribution in [2.24, 2.45) is 0 Å². The smallest absolute Gasteiger partial charge is 0.264 e. The van der Waals surface area contributed by atoms with Gasteiger partial charge in [0.1, 0.15) is 11.1 Å². The fraction of sp³-hybridized carbons (Fsp3) is 0.227. The molecule has 1 amide bonds. The Hall–Kier alpha value is -3.49. The predicted molar refractivity (Wildman–Crippen MR) is 126 cm³/mol. The highest BCUT2D eigenvalue weighted by Crippen LogP contribution is 2.28. The molecule has 3 rings (SSSR count). The highest BCUT2D eigenvalue weighted by atomic mass is 32.2. The number of carbonyl (C=O) groups excluding carboxylic acids is 1. The van der Waals surface area contributed by atoms with Crippen molar-refractivity contribution in [2.45, 2.75) is 41.9 Å². The van der Waals surface area contributed by atoms with E-state index < -0.39 is 15.3 Å². The van der Waals surface area contributed by atoms with E-state index in [1.54, 1.807) is 19.1 Å². The summed E-state index contributed by atoms with van der Waals surface area (Å²) in [4.78, 5) is 24.9. The molecule has 0 aliphatic heterocycles. The summed E-state index contributed by atoms with van der Waals surface area (Å²) in [5.41, 5.74) is 1.69. The Morgan fingerprint density at radius 2 is 1.73 bits per heavy atom. The molecule has 33 heavy (non-hydrogen) atoms. The Morgan fingerprint density at radius 1 is 1.06 bits per heavy atom. The van der Waals surface area contributed by atoms with Crippen molar-refractivity contribution >= 4 is 39.3 Å². The predicted octanol–water partition coefficient (Wildman–Crippen LogP) is 3.79. The molecule has 2 heterocycles. The van der Waals surface area contributed by atoms with Crippen LogP contribution in [0, 0.1) is 11.3 Å². The van der Waals surface area contributed by atoms with Crippen LogP contribution in [0.2, 0.25) is 0 Å². The number of nitriles is 1. The number of rotatable bonds is 8. The van der Waals surface area contributed by atoms with Crippen LogP contribution in [0.3, 0.4) is 0 Å². The molecule has 0 aliphatic carbocycles. The summed E-state index contributed by atoms with van der Waals surface area (Å²) < 4.78 is 27.2. The second kappa shape index (κ2) is 10.4. The molecule has 3 aromatic rings. The molecular weight excluding hydrogens is 460 g/mol. The zero-order valence-corrected chi connectivity index (χ0v) is 19.8. The summed E-state index contributed by atoms with van der Waals surface area (Å²) in [6.07, 6.45) is 2.85. The molecule has 1 atom stereocenters. The van der Waals surface area contributed by atoms with Crippen LogP contribution >= 0.6 is 11.8 Å². The molecule has 0 bridgehead atoms. The first-order chi connectivity index (χ1) is 15.7. The maximum atomic E-state index is 12.7. The van der Waals surface area contributed by atoms with Crippen molar-refractivity contribution in [3.8, 4) is 6.07 Å². The van der Waals surface area contributed by atoms with Crippen LogP contribution in [0.4, 0.5) is 11.6 Å². The molecule has 0 spiro atoms. The first-order valence-corrected chi connectivity index (χ1v) is 12.3. The third-order valence-corrected chi connectivity index (χ3v) is 6.92. The number of nitrogens with zero attached hydrogens (tertiary/aromatic N) is 4. The van der Waals surface area contributed by atoms with Crippen molar-refractivity contribution in [3.05, 3.63) is 66.1 Å². The molecule has 2 N–H and O–H groups in total. The quantitative estimate of drug-likeness (QED) is 0.463. The van der Waals surface area contributed by atoms with Gasteiger partial charge in [-0.2, -0.15) is 5.26 Å². The lowest BCUT2D eigenvalue weighted by molar-refractivity contribution is -0.115. The highest BCUT2D eigenvalue weighted by molar-refractivity contribution is 8.00. The second-order valence-electron chi connectivity index (χ2n) is 7.31. The van der Waals surface area contributed by atoms with Crippen LogP contribution in [-0.2, 0) is 14.8 Å². The fourth-order valence-corrected chi connectivity index (χ4v) is 4.52. The molecule has 0 saturated carbocycles. The molecule has 1 unspecified atom stereocenters. The van der Waals surface area contributed by atoms with Gasteiger partial charge in [-0.1, -0.05) is 25.6 Å². The Kier molecular flexibility index (Phi) is 7.63. The van der Waals surface area contributed by atoms with E-state index >= 15 is 0 Å². The normalized spacial score (nSPS) is 12.1. The summed E-state index contributed by atoms with van der Waals surface area (Å²) in [6.45, 7) is 5.73. The molecule has 2 aromatic heterocycles. The lowest BCUT2D eigenvalue weighted by Gasteiger charge is -2.14. The Bertz CT molecular complexity index is 1270. The van der Waals surface area contributed by atoms with E-state index in [4.69, 9.17) is 0 Å². The van der Waals surface area contributed by atoms with E-state index in [0.717, 1.165) is 5.69 Å². The summed E-state index contributed by atoms with van der Waals surface area (Å²) in [6, 6.07) is 12.9. The number of aromatic nitrogens is 3. The Balaban J connectivity index is 1.67. The van der Waals surface area contributed by atoms with E-state index in [0.29, 0.717) is 16.3 Å². The third-order valence-electron chi connectivity index (χ3n) is 4.48. The zero-order valence-electron chi connectivity index (χ0n) is 18.2. The minimum Gasteiger partial charge on any atom is -0.325 e. The van der Waals surface area contributed by atoms with E-state index in [9.17, 15) is 18.5 Å². The van der Waals surface area contributed by atoms with Gasteiger partial charge in [0.05, 0.1) is 15.7 Å². The monoisotopic (exact) mass is 482 g/mol. The lowest BCUT2D eigenvalue weighted by atomic mass is 10.1. The van der Waals surface area contributed by atoms with Gasteiger partial charge in [-0.3, -0.25) is 4.79 Å². The van der Waals surface area contributed by atoms with E-state index in [1.807, 2.05) is 19.9 Å². The molecule has 0 radical (unpaired) electrons. The minimum atomic E-state index is -3.87. The highest BCUT2D eigenvalue weighted by Gasteiger charge is 2.20. The summed E-state index contributed by atoms with van der Waals surface area (Å²) in [7, 11) is -3.87. The van der Waals surface area contributed by atoms with Crippen LogP contribution in [-0.4, -0.2) is 34.5 Å². The molecule has 0 aliphatic rings. The van der Waals surface area contributed by atoms with Crippen molar-refractivity contribution in [1.82, 2.24) is 15.0 Å². The first kappa shape index (κ1) is 24.2. The average Bonchev–Trinajstić information content (AvgIpc) is 2.79. The number of nitrogens with one attached hydrogen (secondary N) is 2. The number of hydrogen-bond donors (Lipinski definition) is 2. The van der Waals surface area contributed by atoms with Gasteiger partial charge in [-0.15, -0.1) is 0 Å². The lowest BCUT2D eigenvalue weighted by Crippen LogP contribution is -2.23. The van der Waals surface area contributed by atoms with E-state index in [-0.39, 0.29) is 22.7 Å². The summed E-state index contributed by atoms with van der Waals surface area (Å²) in [5, 5.41) is 12.1. The van der Waals surface area contributed by atoms with Gasteiger partial charge in [-0.25, -0.2) is 28.1 Å². The average molecular weight is 483 g/mol. The number of anilines is 2. The van der Waals surface area contributed by atoms with Gasteiger partial charge in [0.25, 0.3) is 10.0 Å². The number of pyridine rings is 1. The third kappa shape index (κ3) is 6.27. The fourth-order valence-electron chi connectivity index (χ4n) is 2.66. The number of hydrogen-bond acceptors (Lipinski definition) is 8. The molecular formula is C22H22N6O3S2. The molecule has 11 heteroatoms. The van der Waals surface area contributed by atoms with Gasteiger partial charge in [0.15, 0.2) is 0 Å². The van der Waals surface area contributed by atoms with Crippen molar-refractivity contribution in [1.29, 1.82) is 5.26 Å². The largest absolute Gasteiger partial charge is 0.325 e. The van der Waals surface area contributed by atoms with Crippen LogP contribution in [0.1, 0.15) is 37.9 Å². The van der Waals surface area contributed by atoms with Crippen LogP contribution in [0.5, 0.6) is 0 Å². The van der Waals surface area contributed by atoms with Gasteiger partial charge >= 0.3 is 0 Å². The number of amides is 1. The minimum absolute atomic E-state index is 0.00346. The number of carbonyl (C=O) groups is 1. The van der Waals surface area contributed by atoms with Gasteiger partial charge < -0.3 is 5.32 Å². The molecule has 9 nitrogen and oxygen atoms in total. The second-order valence-corrected chi connectivity index (χ2v) is 10.3. The first-order valence-electron chi connectivity index (χ1n) is 9.98. The van der Waals surface area contributed by atoms with Crippen molar-refractivity contribution in [2.75, 3.05) is 10.0 Å². The standard InChI is InChI=1S/C22H22N6O3S2/c1-14(2)19-10-5-16(13-23)21(27-19)32-15(3)20(29)26-17-6-8-18(9-7-17)33(30,31)28-22-24-11-4-12-25-22/h4-12,14-15H,1-3H3,(H,26,29)(H,24,25,28). The maximum Gasteiger partial charge on any atom is 0.264 e. The molecule has 170 valence electrons. The van der Waals surface area contributed by atoms with Gasteiger partial charge in [0.2, 0.25) is 11.9 Å². The van der Waals surface area contributed by atoms with Crippen molar-refractivity contribution < 1.29 is 13.2 Å². The number of sulfonamides is 1. The van der Waals surface area contributed by atoms with Crippen molar-refractivity contribution in [3.63, 3.8) is 0 Å². The van der Waals surface area contributed by atoms with Crippen LogP contribution in [0.15, 0.2) is 64.8 Å². The topological polar surface area (TPSA) is 138 Å². The van der Waals surface area contributed by atoms with Crippen LogP contribution in [0.25, 0.3) is 0 Å². The van der Waals surface area contributed by atoms with E-state index in [1.165, 1.54) is 48.4 Å². The number of thioether (sulfide) groups is 1. The molecule has 1 aromatic carbocycles. The van der Waals surface area contributed by atoms with Gasteiger partial charge in [-0.05, 0) is 55.3 Å². The summed E-state index contributed by atoms with van der Waals surface area (Å²) in [5.74, 6) is -0.140. The number of benzene rings is 1. The maximum absolute atomic E-state index is 12.7. The van der Waals surface area contributed by atoms with Crippen LogP contribution < -0.4 is 10.0 Å². The SMILES string of the molecule is CC(Sc1nc(C(C)C)ccc1C#N)C(=O)Nc1ccc(S(=O)(=O)Nc2ncccn2)cc1. The summed E-state index contributed by atoms with van der Waals surface area (Å²) >= 11 is 1.20. The van der Waals surface area contributed by atoms with E-state index in [2.05, 4.69) is 31.1 Å². The Labute approximate surface area is 196 Å². The van der Waals surface area contributed by atoms with Gasteiger partial charge in [0, 0.05) is 23.8 Å². The molecule has 0 saturated heterocycles.